The minimum absolute atomic E-state index is 0.0931. The zero-order chi connectivity index (χ0) is 29.5. The lowest BCUT2D eigenvalue weighted by Gasteiger charge is -2.15. The molecule has 41 heavy (non-hydrogen) atoms. The standard InChI is InChI=1S/C31H43N3O6S/c1-2-3-4-5-6-7-8-9-10-11-12-13-17-20-30(35)32-29-24-31(36)34(33-29)25-21-22-27(28(23-25)41(37,38)39)40-26-18-15-14-16-19-26/h14-16,18-19,21-23H,2-13,17,20,24H2,1H3,(H,32,33,35)(H,37,38,39). The second kappa shape index (κ2) is 16.9. The van der Waals surface area contributed by atoms with Crippen LogP contribution in [0.5, 0.6) is 11.5 Å². The lowest BCUT2D eigenvalue weighted by atomic mass is 10.0. The van der Waals surface area contributed by atoms with Crippen LogP contribution in [0.25, 0.3) is 0 Å². The summed E-state index contributed by atoms with van der Waals surface area (Å²) in [6.07, 6.45) is 16.2. The summed E-state index contributed by atoms with van der Waals surface area (Å²) in [4.78, 5) is 24.5. The molecule has 0 saturated heterocycles. The Kier molecular flexibility index (Phi) is 13.3. The molecule has 0 bridgehead atoms. The van der Waals surface area contributed by atoms with E-state index < -0.39 is 20.9 Å². The smallest absolute Gasteiger partial charge is 0.298 e. The molecule has 0 aliphatic carbocycles. The molecular weight excluding hydrogens is 542 g/mol. The van der Waals surface area contributed by atoms with E-state index in [9.17, 15) is 22.6 Å². The first-order valence-electron chi connectivity index (χ1n) is 14.8. The number of hydrogen-bond acceptors (Lipinski definition) is 6. The van der Waals surface area contributed by atoms with E-state index in [1.165, 1.54) is 76.3 Å². The maximum atomic E-state index is 12.6. The van der Waals surface area contributed by atoms with Crippen LogP contribution in [0.1, 0.15) is 103 Å². The highest BCUT2D eigenvalue weighted by atomic mass is 32.2. The Balaban J connectivity index is 1.41. The molecule has 2 N–H and O–H groups in total. The predicted octanol–water partition coefficient (Wildman–Crippen LogP) is 7.37. The quantitative estimate of drug-likeness (QED) is 0.139. The number of nitrogens with one attached hydrogen (secondary N) is 1. The van der Waals surface area contributed by atoms with E-state index >= 15 is 0 Å². The number of hydrogen-bond donors (Lipinski definition) is 2. The number of amides is 2. The molecule has 2 amide bonds. The number of nitrogens with zero attached hydrogens (tertiary/aromatic N) is 2. The Morgan fingerprint density at radius 1 is 0.902 bits per heavy atom. The van der Waals surface area contributed by atoms with Crippen molar-refractivity contribution < 1.29 is 27.3 Å². The number of ether oxygens (including phenoxy) is 1. The number of para-hydroxylation sites is 1. The van der Waals surface area contributed by atoms with E-state index in [2.05, 4.69) is 17.3 Å². The first-order chi connectivity index (χ1) is 19.8. The normalized spacial score (nSPS) is 13.4. The number of carbonyl (C=O) groups is 2. The van der Waals surface area contributed by atoms with Crippen LogP contribution in [-0.2, 0) is 19.7 Å². The van der Waals surface area contributed by atoms with E-state index in [-0.39, 0.29) is 29.6 Å². The second-order valence-corrected chi connectivity index (χ2v) is 11.9. The third-order valence-corrected chi connectivity index (χ3v) is 7.86. The zero-order valence-corrected chi connectivity index (χ0v) is 24.8. The van der Waals surface area contributed by atoms with Crippen LogP contribution in [0.2, 0.25) is 0 Å². The van der Waals surface area contributed by atoms with Gasteiger partial charge in [0.1, 0.15) is 22.2 Å². The highest BCUT2D eigenvalue weighted by molar-refractivity contribution is 7.86. The van der Waals surface area contributed by atoms with E-state index in [0.717, 1.165) is 30.3 Å². The number of unbranched alkanes of at least 4 members (excludes halogenated alkanes) is 12. The van der Waals surface area contributed by atoms with Crippen molar-refractivity contribution in [2.24, 2.45) is 5.10 Å². The second-order valence-electron chi connectivity index (χ2n) is 10.5. The van der Waals surface area contributed by atoms with Gasteiger partial charge in [-0.25, -0.2) is 0 Å². The topological polar surface area (TPSA) is 125 Å². The number of rotatable bonds is 18. The Morgan fingerprint density at radius 3 is 2.07 bits per heavy atom. The highest BCUT2D eigenvalue weighted by Gasteiger charge is 2.28. The summed E-state index contributed by atoms with van der Waals surface area (Å²) >= 11 is 0. The van der Waals surface area contributed by atoms with Crippen molar-refractivity contribution in [3.05, 3.63) is 48.5 Å². The monoisotopic (exact) mass is 585 g/mol. The first kappa shape index (κ1) is 32.3. The van der Waals surface area contributed by atoms with E-state index in [1.54, 1.807) is 30.3 Å². The summed E-state index contributed by atoms with van der Waals surface area (Å²) in [5, 5.41) is 7.89. The van der Waals surface area contributed by atoms with Gasteiger partial charge >= 0.3 is 0 Å². The van der Waals surface area contributed by atoms with Gasteiger partial charge in [0, 0.05) is 6.42 Å². The van der Waals surface area contributed by atoms with E-state index in [0.29, 0.717) is 12.2 Å². The Bertz CT molecular complexity index is 1260. The van der Waals surface area contributed by atoms with Gasteiger partial charge in [0.05, 0.1) is 12.1 Å². The molecule has 9 nitrogen and oxygen atoms in total. The molecule has 0 saturated carbocycles. The van der Waals surface area contributed by atoms with Crippen LogP contribution in [0.15, 0.2) is 58.5 Å². The Hall–Kier alpha value is -3.24. The summed E-state index contributed by atoms with van der Waals surface area (Å²) in [6, 6.07) is 12.4. The van der Waals surface area contributed by atoms with E-state index in [1.807, 2.05) is 0 Å². The molecule has 2 aromatic rings. The third-order valence-electron chi connectivity index (χ3n) is 6.99. The number of hydrazone groups is 1. The van der Waals surface area contributed by atoms with Crippen molar-refractivity contribution >= 4 is 33.5 Å². The number of amidine groups is 1. The predicted molar refractivity (Wildman–Crippen MR) is 161 cm³/mol. The van der Waals surface area contributed by atoms with E-state index in [4.69, 9.17) is 4.74 Å². The fraction of sp³-hybridized carbons (Fsp3) is 0.516. The average molecular weight is 586 g/mol. The van der Waals surface area contributed by atoms with Gasteiger partial charge in [-0.05, 0) is 36.8 Å². The molecule has 3 rings (SSSR count). The Morgan fingerprint density at radius 2 is 1.49 bits per heavy atom. The summed E-state index contributed by atoms with van der Waals surface area (Å²) in [5.41, 5.74) is 0.128. The zero-order valence-electron chi connectivity index (χ0n) is 24.0. The molecule has 10 heteroatoms. The molecule has 0 aromatic heterocycles. The Labute approximate surface area is 244 Å². The SMILES string of the molecule is CCCCCCCCCCCCCCCC(=O)NC1=NN(c2ccc(Oc3ccccc3)c(S(=O)(=O)O)c2)C(=O)C1. The molecule has 0 spiro atoms. The largest absolute Gasteiger partial charge is 0.456 e. The molecular formula is C31H43N3O6S. The summed E-state index contributed by atoms with van der Waals surface area (Å²) < 4.78 is 39.5. The van der Waals surface area contributed by atoms with Crippen molar-refractivity contribution in [1.82, 2.24) is 5.32 Å². The van der Waals surface area contributed by atoms with Crippen LogP contribution in [0.3, 0.4) is 0 Å². The average Bonchev–Trinajstić information content (AvgIpc) is 3.31. The van der Waals surface area contributed by atoms with Gasteiger partial charge in [-0.1, -0.05) is 102 Å². The van der Waals surface area contributed by atoms with Crippen LogP contribution in [0.4, 0.5) is 5.69 Å². The lowest BCUT2D eigenvalue weighted by molar-refractivity contribution is -0.119. The number of carbonyl (C=O) groups excluding carboxylic acids is 2. The van der Waals surface area contributed by atoms with Crippen molar-refractivity contribution in [1.29, 1.82) is 0 Å². The molecule has 1 aliphatic rings. The lowest BCUT2D eigenvalue weighted by Crippen LogP contribution is -2.29. The molecule has 2 aromatic carbocycles. The van der Waals surface area contributed by atoms with Crippen molar-refractivity contribution in [2.45, 2.75) is 108 Å². The van der Waals surface area contributed by atoms with Gasteiger partial charge in [0.25, 0.3) is 16.0 Å². The third kappa shape index (κ3) is 11.3. The summed E-state index contributed by atoms with van der Waals surface area (Å²) in [6.45, 7) is 2.24. The molecule has 0 fully saturated rings. The fourth-order valence-corrected chi connectivity index (χ4v) is 5.39. The van der Waals surface area contributed by atoms with Gasteiger partial charge < -0.3 is 10.1 Å². The molecule has 0 atom stereocenters. The minimum Gasteiger partial charge on any atom is -0.456 e. The van der Waals surface area contributed by atoms with Crippen LogP contribution >= 0.6 is 0 Å². The van der Waals surface area contributed by atoms with Crippen LogP contribution in [-0.4, -0.2) is 30.6 Å². The van der Waals surface area contributed by atoms with Crippen LogP contribution in [0, 0.1) is 0 Å². The van der Waals surface area contributed by atoms with Gasteiger partial charge in [-0.2, -0.15) is 18.5 Å². The van der Waals surface area contributed by atoms with Crippen LogP contribution < -0.4 is 15.1 Å². The van der Waals surface area contributed by atoms with Gasteiger partial charge in [0.2, 0.25) is 5.91 Å². The fourth-order valence-electron chi connectivity index (χ4n) is 4.76. The minimum atomic E-state index is -4.66. The maximum absolute atomic E-state index is 12.6. The van der Waals surface area contributed by atoms with Gasteiger partial charge in [-0.3, -0.25) is 14.1 Å². The summed E-state index contributed by atoms with van der Waals surface area (Å²) in [5.74, 6) is -0.142. The van der Waals surface area contributed by atoms with Gasteiger partial charge in [0.15, 0.2) is 0 Å². The molecule has 1 heterocycles. The maximum Gasteiger partial charge on any atom is 0.298 e. The molecule has 1 aliphatic heterocycles. The molecule has 0 radical (unpaired) electrons. The number of benzene rings is 2. The number of anilines is 1. The van der Waals surface area contributed by atoms with Crippen molar-refractivity contribution in [3.8, 4) is 11.5 Å². The van der Waals surface area contributed by atoms with Crippen molar-refractivity contribution in [3.63, 3.8) is 0 Å². The summed E-state index contributed by atoms with van der Waals surface area (Å²) in [7, 11) is -4.66. The molecule has 224 valence electrons. The first-order valence-corrected chi connectivity index (χ1v) is 16.3. The highest BCUT2D eigenvalue weighted by Crippen LogP contribution is 2.33. The molecule has 0 unspecified atom stereocenters. The van der Waals surface area contributed by atoms with Crippen molar-refractivity contribution in [2.75, 3.05) is 5.01 Å². The van der Waals surface area contributed by atoms with Gasteiger partial charge in [-0.15, -0.1) is 0 Å².